The molecule has 1 amide bonds. The molecule has 0 aromatic carbocycles. The number of aromatic nitrogens is 2. The van der Waals surface area contributed by atoms with Gasteiger partial charge in [0.05, 0.1) is 5.51 Å². The fourth-order valence-electron chi connectivity index (χ4n) is 3.64. The van der Waals surface area contributed by atoms with Crippen LogP contribution >= 0.6 is 11.3 Å². The number of carbonyl (C=O) groups is 1. The van der Waals surface area contributed by atoms with Crippen molar-refractivity contribution in [3.8, 4) is 0 Å². The van der Waals surface area contributed by atoms with Crippen LogP contribution in [0.15, 0.2) is 35.4 Å². The number of hydrogen-bond acceptors (Lipinski definition) is 5. The molecule has 0 aliphatic carbocycles. The van der Waals surface area contributed by atoms with E-state index >= 15 is 0 Å². The van der Waals surface area contributed by atoms with Gasteiger partial charge in [-0.15, -0.1) is 11.3 Å². The van der Waals surface area contributed by atoms with E-state index in [1.54, 1.807) is 5.51 Å². The van der Waals surface area contributed by atoms with Crippen molar-refractivity contribution in [3.63, 3.8) is 0 Å². The van der Waals surface area contributed by atoms with E-state index in [9.17, 15) is 4.79 Å². The maximum absolute atomic E-state index is 12.3. The molecule has 0 bridgehead atoms. The van der Waals surface area contributed by atoms with Gasteiger partial charge < -0.3 is 4.90 Å². The number of carbonyl (C=O) groups excluding carboxylic acids is 1. The van der Waals surface area contributed by atoms with Crippen LogP contribution in [0.2, 0.25) is 0 Å². The molecule has 2 aliphatic rings. The predicted molar refractivity (Wildman–Crippen MR) is 89.2 cm³/mol. The normalized spacial score (nSPS) is 20.4. The number of amides is 1. The number of pyridine rings is 1. The van der Waals surface area contributed by atoms with Crippen LogP contribution in [0, 0.1) is 5.41 Å². The quantitative estimate of drug-likeness (QED) is 0.867. The molecule has 0 radical (unpaired) electrons. The summed E-state index contributed by atoms with van der Waals surface area (Å²) in [6.45, 7) is 4.97. The maximum Gasteiger partial charge on any atom is 0.273 e. The highest BCUT2D eigenvalue weighted by molar-refractivity contribution is 7.07. The van der Waals surface area contributed by atoms with E-state index in [2.05, 4.69) is 20.9 Å². The molecule has 23 heavy (non-hydrogen) atoms. The fraction of sp³-hybridized carbons (Fsp3) is 0.471. The molecule has 0 unspecified atom stereocenters. The molecule has 4 heterocycles. The number of rotatable bonds is 3. The zero-order chi connectivity index (χ0) is 15.7. The van der Waals surface area contributed by atoms with Crippen molar-refractivity contribution in [3.05, 3.63) is 46.7 Å². The van der Waals surface area contributed by atoms with Gasteiger partial charge in [0, 0.05) is 42.8 Å². The summed E-state index contributed by atoms with van der Waals surface area (Å²) < 4.78 is 0. The third-order valence-electron chi connectivity index (χ3n) is 5.04. The summed E-state index contributed by atoms with van der Waals surface area (Å²) in [7, 11) is 0. The third kappa shape index (κ3) is 3.01. The Balaban J connectivity index is 1.29. The number of nitrogens with zero attached hydrogens (tertiary/aromatic N) is 4. The second-order valence-electron chi connectivity index (χ2n) is 6.67. The summed E-state index contributed by atoms with van der Waals surface area (Å²) in [4.78, 5) is 25.0. The average Bonchev–Trinajstić information content (AvgIpc) is 3.08. The average molecular weight is 328 g/mol. The Hall–Kier alpha value is -1.79. The molecule has 0 saturated carbocycles. The minimum atomic E-state index is 0.0923. The van der Waals surface area contributed by atoms with E-state index in [0.717, 1.165) is 32.7 Å². The SMILES string of the molecule is O=C(c1cscn1)N1CC2(CCN(Cc3cccnc3)CC2)C1. The molecule has 2 aromatic heterocycles. The predicted octanol–water partition coefficient (Wildman–Crippen LogP) is 2.28. The van der Waals surface area contributed by atoms with Gasteiger partial charge >= 0.3 is 0 Å². The summed E-state index contributed by atoms with van der Waals surface area (Å²) in [5.74, 6) is 0.0923. The fourth-order valence-corrected chi connectivity index (χ4v) is 4.16. The van der Waals surface area contributed by atoms with Gasteiger partial charge in [0.25, 0.3) is 5.91 Å². The van der Waals surface area contributed by atoms with Crippen LogP contribution in [-0.2, 0) is 6.54 Å². The lowest BCUT2D eigenvalue weighted by atomic mass is 9.72. The standard InChI is InChI=1S/C17H20N4OS/c22-16(15-10-23-13-19-15)21-11-17(12-21)3-6-20(7-4-17)9-14-2-1-5-18-8-14/h1-2,5,8,10,13H,3-4,6-7,9,11-12H2. The van der Waals surface area contributed by atoms with E-state index < -0.39 is 0 Å². The summed E-state index contributed by atoms with van der Waals surface area (Å²) >= 11 is 1.48. The van der Waals surface area contributed by atoms with Crippen LogP contribution in [0.1, 0.15) is 28.9 Å². The number of piperidine rings is 1. The van der Waals surface area contributed by atoms with E-state index in [-0.39, 0.29) is 5.91 Å². The number of hydrogen-bond donors (Lipinski definition) is 0. The lowest BCUT2D eigenvalue weighted by Gasteiger charge is -2.53. The molecular weight excluding hydrogens is 308 g/mol. The summed E-state index contributed by atoms with van der Waals surface area (Å²) in [5.41, 5.74) is 3.94. The zero-order valence-electron chi connectivity index (χ0n) is 13.0. The molecule has 2 fully saturated rings. The first-order chi connectivity index (χ1) is 11.2. The molecule has 0 atom stereocenters. The van der Waals surface area contributed by atoms with Gasteiger partial charge in [0.15, 0.2) is 0 Å². The molecule has 2 saturated heterocycles. The molecule has 4 rings (SSSR count). The Labute approximate surface area is 140 Å². The molecule has 0 N–H and O–H groups in total. The zero-order valence-corrected chi connectivity index (χ0v) is 13.8. The molecule has 1 spiro atoms. The van der Waals surface area contributed by atoms with Crippen LogP contribution < -0.4 is 0 Å². The Morgan fingerprint density at radius 1 is 1.30 bits per heavy atom. The van der Waals surface area contributed by atoms with Crippen molar-refractivity contribution in [2.24, 2.45) is 5.41 Å². The van der Waals surface area contributed by atoms with E-state index in [1.165, 1.54) is 29.7 Å². The van der Waals surface area contributed by atoms with E-state index in [4.69, 9.17) is 0 Å². The van der Waals surface area contributed by atoms with Crippen LogP contribution in [0.5, 0.6) is 0 Å². The number of thiazole rings is 1. The minimum Gasteiger partial charge on any atom is -0.336 e. The van der Waals surface area contributed by atoms with Crippen LogP contribution in [0.25, 0.3) is 0 Å². The highest BCUT2D eigenvalue weighted by atomic mass is 32.1. The molecule has 2 aromatic rings. The second-order valence-corrected chi connectivity index (χ2v) is 7.39. The minimum absolute atomic E-state index is 0.0923. The third-order valence-corrected chi connectivity index (χ3v) is 5.62. The van der Waals surface area contributed by atoms with Crippen LogP contribution in [0.4, 0.5) is 0 Å². The first-order valence-electron chi connectivity index (χ1n) is 8.03. The first-order valence-corrected chi connectivity index (χ1v) is 8.97. The highest BCUT2D eigenvalue weighted by Gasteiger charge is 2.46. The van der Waals surface area contributed by atoms with Crippen molar-refractivity contribution in [1.82, 2.24) is 19.8 Å². The molecule has 120 valence electrons. The summed E-state index contributed by atoms with van der Waals surface area (Å²) in [6, 6.07) is 4.13. The van der Waals surface area contributed by atoms with E-state index in [0.29, 0.717) is 11.1 Å². The topological polar surface area (TPSA) is 49.3 Å². The molecular formula is C17H20N4OS. The smallest absolute Gasteiger partial charge is 0.273 e. The molecule has 5 nitrogen and oxygen atoms in total. The Bertz CT molecular complexity index is 657. The van der Waals surface area contributed by atoms with Gasteiger partial charge in [-0.2, -0.15) is 0 Å². The summed E-state index contributed by atoms with van der Waals surface area (Å²) in [6.07, 6.45) is 6.11. The van der Waals surface area contributed by atoms with Crippen molar-refractivity contribution in [2.75, 3.05) is 26.2 Å². The monoisotopic (exact) mass is 328 g/mol. The second kappa shape index (κ2) is 6.02. The Morgan fingerprint density at radius 3 is 2.78 bits per heavy atom. The van der Waals surface area contributed by atoms with Crippen molar-refractivity contribution >= 4 is 17.2 Å². The lowest BCUT2D eigenvalue weighted by Crippen LogP contribution is -2.61. The van der Waals surface area contributed by atoms with Gasteiger partial charge in [-0.05, 0) is 37.6 Å². The van der Waals surface area contributed by atoms with Gasteiger partial charge in [-0.3, -0.25) is 14.7 Å². The Morgan fingerprint density at radius 2 is 2.13 bits per heavy atom. The van der Waals surface area contributed by atoms with Crippen molar-refractivity contribution in [1.29, 1.82) is 0 Å². The van der Waals surface area contributed by atoms with Gasteiger partial charge in [0.2, 0.25) is 0 Å². The summed E-state index contributed by atoms with van der Waals surface area (Å²) in [5, 5.41) is 1.84. The molecule has 6 heteroatoms. The largest absolute Gasteiger partial charge is 0.336 e. The maximum atomic E-state index is 12.3. The first kappa shape index (κ1) is 14.8. The van der Waals surface area contributed by atoms with Crippen LogP contribution in [-0.4, -0.2) is 51.9 Å². The Kier molecular flexibility index (Phi) is 3.87. The molecule has 2 aliphatic heterocycles. The van der Waals surface area contributed by atoms with Gasteiger partial charge in [-0.25, -0.2) is 4.98 Å². The van der Waals surface area contributed by atoms with E-state index in [1.807, 2.05) is 28.7 Å². The van der Waals surface area contributed by atoms with Gasteiger partial charge in [0.1, 0.15) is 5.69 Å². The highest BCUT2D eigenvalue weighted by Crippen LogP contribution is 2.41. The van der Waals surface area contributed by atoms with Crippen molar-refractivity contribution in [2.45, 2.75) is 19.4 Å². The van der Waals surface area contributed by atoms with Crippen molar-refractivity contribution < 1.29 is 4.79 Å². The lowest BCUT2D eigenvalue weighted by molar-refractivity contribution is -0.0338. The number of likely N-dealkylation sites (tertiary alicyclic amines) is 2. The van der Waals surface area contributed by atoms with Crippen LogP contribution in [0.3, 0.4) is 0 Å². The van der Waals surface area contributed by atoms with Gasteiger partial charge in [-0.1, -0.05) is 6.07 Å².